The summed E-state index contributed by atoms with van der Waals surface area (Å²) >= 11 is 0. The SMILES string of the molecule is CCC1CCC(C(O)CCC(F)(F)F)CC1. The van der Waals surface area contributed by atoms with Crippen molar-refractivity contribution in [3.05, 3.63) is 0 Å². The van der Waals surface area contributed by atoms with Gasteiger partial charge in [-0.05, 0) is 31.1 Å². The molecule has 0 aromatic heterocycles. The molecule has 1 unspecified atom stereocenters. The fourth-order valence-electron chi connectivity index (χ4n) is 2.53. The second kappa shape index (κ2) is 5.89. The van der Waals surface area contributed by atoms with Gasteiger partial charge >= 0.3 is 6.18 Å². The first-order chi connectivity index (χ1) is 7.42. The van der Waals surface area contributed by atoms with Crippen LogP contribution in [0.2, 0.25) is 0 Å². The van der Waals surface area contributed by atoms with E-state index in [1.165, 1.54) is 0 Å². The Bertz CT molecular complexity index is 195. The zero-order valence-corrected chi connectivity index (χ0v) is 9.76. The van der Waals surface area contributed by atoms with Gasteiger partial charge in [-0.1, -0.05) is 26.2 Å². The fourth-order valence-corrected chi connectivity index (χ4v) is 2.53. The van der Waals surface area contributed by atoms with E-state index in [-0.39, 0.29) is 12.3 Å². The lowest BCUT2D eigenvalue weighted by Gasteiger charge is -2.31. The molecule has 1 fully saturated rings. The lowest BCUT2D eigenvalue weighted by atomic mass is 9.77. The Morgan fingerprint density at radius 3 is 2.19 bits per heavy atom. The van der Waals surface area contributed by atoms with E-state index in [4.69, 9.17) is 0 Å². The Balaban J connectivity index is 2.25. The van der Waals surface area contributed by atoms with Gasteiger partial charge in [0.05, 0.1) is 6.10 Å². The van der Waals surface area contributed by atoms with Crippen LogP contribution in [-0.4, -0.2) is 17.4 Å². The molecule has 1 saturated carbocycles. The van der Waals surface area contributed by atoms with Crippen molar-refractivity contribution < 1.29 is 18.3 Å². The quantitative estimate of drug-likeness (QED) is 0.787. The standard InChI is InChI=1S/C12H21F3O/c1-2-9-3-5-10(6-4-9)11(16)7-8-12(13,14)15/h9-11,16H,2-8H2,1H3. The van der Waals surface area contributed by atoms with Gasteiger partial charge < -0.3 is 5.11 Å². The summed E-state index contributed by atoms with van der Waals surface area (Å²) in [7, 11) is 0. The molecule has 0 heterocycles. The second-order valence-electron chi connectivity index (χ2n) is 4.91. The van der Waals surface area contributed by atoms with Crippen LogP contribution >= 0.6 is 0 Å². The van der Waals surface area contributed by atoms with Crippen LogP contribution in [0, 0.1) is 11.8 Å². The lowest BCUT2D eigenvalue weighted by Crippen LogP contribution is -2.27. The molecule has 96 valence electrons. The van der Waals surface area contributed by atoms with Crippen molar-refractivity contribution in [2.24, 2.45) is 11.8 Å². The molecule has 0 aliphatic heterocycles. The number of aliphatic hydroxyl groups excluding tert-OH is 1. The second-order valence-corrected chi connectivity index (χ2v) is 4.91. The Labute approximate surface area is 95.0 Å². The van der Waals surface area contributed by atoms with Crippen molar-refractivity contribution in [2.75, 3.05) is 0 Å². The number of halogens is 3. The first kappa shape index (κ1) is 13.8. The van der Waals surface area contributed by atoms with Crippen LogP contribution in [-0.2, 0) is 0 Å². The summed E-state index contributed by atoms with van der Waals surface area (Å²) in [6, 6.07) is 0. The van der Waals surface area contributed by atoms with Crippen LogP contribution in [0.1, 0.15) is 51.9 Å². The van der Waals surface area contributed by atoms with Crippen molar-refractivity contribution in [3.8, 4) is 0 Å². The molecule has 1 atom stereocenters. The van der Waals surface area contributed by atoms with E-state index < -0.39 is 18.7 Å². The van der Waals surface area contributed by atoms with Gasteiger partial charge in [0.25, 0.3) is 0 Å². The Kier molecular flexibility index (Phi) is 5.09. The molecule has 4 heteroatoms. The van der Waals surface area contributed by atoms with Crippen LogP contribution in [0.4, 0.5) is 13.2 Å². The summed E-state index contributed by atoms with van der Waals surface area (Å²) in [4.78, 5) is 0. The maximum atomic E-state index is 12.0. The number of aliphatic hydroxyl groups is 1. The third-order valence-electron chi connectivity index (χ3n) is 3.74. The first-order valence-corrected chi connectivity index (χ1v) is 6.17. The summed E-state index contributed by atoms with van der Waals surface area (Å²) in [6.07, 6.45) is -0.858. The molecule has 1 rings (SSSR count). The van der Waals surface area contributed by atoms with E-state index in [1.807, 2.05) is 0 Å². The van der Waals surface area contributed by atoms with Crippen LogP contribution in [0.15, 0.2) is 0 Å². The molecule has 1 N–H and O–H groups in total. The van der Waals surface area contributed by atoms with Gasteiger partial charge in [0, 0.05) is 6.42 Å². The fraction of sp³-hybridized carbons (Fsp3) is 1.00. The molecular formula is C12H21F3O. The molecule has 0 aromatic carbocycles. The Morgan fingerprint density at radius 1 is 1.19 bits per heavy atom. The number of alkyl halides is 3. The smallest absolute Gasteiger partial charge is 0.389 e. The largest absolute Gasteiger partial charge is 0.393 e. The summed E-state index contributed by atoms with van der Waals surface area (Å²) in [6.45, 7) is 2.14. The highest BCUT2D eigenvalue weighted by Crippen LogP contribution is 2.34. The maximum absolute atomic E-state index is 12.0. The van der Waals surface area contributed by atoms with Gasteiger partial charge in [-0.2, -0.15) is 13.2 Å². The molecular weight excluding hydrogens is 217 g/mol. The average molecular weight is 238 g/mol. The predicted octanol–water partition coefficient (Wildman–Crippen LogP) is 3.91. The van der Waals surface area contributed by atoms with E-state index >= 15 is 0 Å². The summed E-state index contributed by atoms with van der Waals surface area (Å²) in [5, 5.41) is 9.70. The number of hydrogen-bond acceptors (Lipinski definition) is 1. The molecule has 1 aliphatic rings. The van der Waals surface area contributed by atoms with E-state index in [0.717, 1.165) is 32.1 Å². The van der Waals surface area contributed by atoms with Gasteiger partial charge in [-0.3, -0.25) is 0 Å². The van der Waals surface area contributed by atoms with Crippen molar-refractivity contribution in [2.45, 2.75) is 64.1 Å². The predicted molar refractivity (Wildman–Crippen MR) is 57.0 cm³/mol. The van der Waals surface area contributed by atoms with Gasteiger partial charge in [0.2, 0.25) is 0 Å². The van der Waals surface area contributed by atoms with Gasteiger partial charge in [0.15, 0.2) is 0 Å². The van der Waals surface area contributed by atoms with E-state index in [1.54, 1.807) is 0 Å². The van der Waals surface area contributed by atoms with Crippen LogP contribution in [0.25, 0.3) is 0 Å². The zero-order chi connectivity index (χ0) is 12.2. The number of rotatable bonds is 4. The minimum absolute atomic E-state index is 0.0881. The summed E-state index contributed by atoms with van der Waals surface area (Å²) in [5.41, 5.74) is 0. The average Bonchev–Trinajstić information content (AvgIpc) is 2.25. The van der Waals surface area contributed by atoms with Crippen LogP contribution < -0.4 is 0 Å². The topological polar surface area (TPSA) is 20.2 Å². The minimum atomic E-state index is -4.14. The minimum Gasteiger partial charge on any atom is -0.393 e. The highest BCUT2D eigenvalue weighted by atomic mass is 19.4. The van der Waals surface area contributed by atoms with Crippen LogP contribution in [0.5, 0.6) is 0 Å². The Morgan fingerprint density at radius 2 is 1.75 bits per heavy atom. The molecule has 0 saturated heterocycles. The normalized spacial score (nSPS) is 29.1. The lowest BCUT2D eigenvalue weighted by molar-refractivity contribution is -0.142. The van der Waals surface area contributed by atoms with Gasteiger partial charge in [-0.15, -0.1) is 0 Å². The zero-order valence-electron chi connectivity index (χ0n) is 9.76. The highest BCUT2D eigenvalue weighted by Gasteiger charge is 2.31. The van der Waals surface area contributed by atoms with E-state index in [9.17, 15) is 18.3 Å². The molecule has 16 heavy (non-hydrogen) atoms. The van der Waals surface area contributed by atoms with E-state index in [0.29, 0.717) is 5.92 Å². The molecule has 0 aromatic rings. The summed E-state index contributed by atoms with van der Waals surface area (Å²) < 4.78 is 36.0. The molecule has 1 aliphatic carbocycles. The monoisotopic (exact) mass is 238 g/mol. The maximum Gasteiger partial charge on any atom is 0.389 e. The van der Waals surface area contributed by atoms with Crippen molar-refractivity contribution in [1.82, 2.24) is 0 Å². The molecule has 1 nitrogen and oxygen atoms in total. The van der Waals surface area contributed by atoms with Crippen LogP contribution in [0.3, 0.4) is 0 Å². The third kappa shape index (κ3) is 4.73. The van der Waals surface area contributed by atoms with Crippen molar-refractivity contribution in [3.63, 3.8) is 0 Å². The first-order valence-electron chi connectivity index (χ1n) is 6.17. The molecule has 0 radical (unpaired) electrons. The number of hydrogen-bond donors (Lipinski definition) is 1. The highest BCUT2D eigenvalue weighted by molar-refractivity contribution is 4.77. The van der Waals surface area contributed by atoms with Crippen molar-refractivity contribution >= 4 is 0 Å². The summed E-state index contributed by atoms with van der Waals surface area (Å²) in [5.74, 6) is 0.802. The van der Waals surface area contributed by atoms with Crippen molar-refractivity contribution in [1.29, 1.82) is 0 Å². The molecule has 0 bridgehead atoms. The van der Waals surface area contributed by atoms with E-state index in [2.05, 4.69) is 6.92 Å². The molecule has 0 spiro atoms. The third-order valence-corrected chi connectivity index (χ3v) is 3.74. The Hall–Kier alpha value is -0.250. The molecule has 0 amide bonds. The van der Waals surface area contributed by atoms with Gasteiger partial charge in [0.1, 0.15) is 0 Å². The van der Waals surface area contributed by atoms with Gasteiger partial charge in [-0.25, -0.2) is 0 Å².